The fraction of sp³-hybridized carbons (Fsp3) is 0.435. The Labute approximate surface area is 168 Å². The summed E-state index contributed by atoms with van der Waals surface area (Å²) in [6.07, 6.45) is 4.38. The largest absolute Gasteiger partial charge is 0.311 e. The molecule has 3 nitrogen and oxygen atoms in total. The predicted octanol–water partition coefficient (Wildman–Crippen LogP) is 4.86. The number of hydrogen-bond acceptors (Lipinski definition) is 2. The maximum absolute atomic E-state index is 12.7. The first kappa shape index (κ1) is 19.9. The van der Waals surface area contributed by atoms with Gasteiger partial charge in [0, 0.05) is 31.7 Å². The highest BCUT2D eigenvalue weighted by atomic mass is 35.5. The number of benzene rings is 2. The molecular formula is C23H29ClN2O. The number of halogens is 1. The maximum Gasteiger partial charge on any atom is 0.226 e. The quantitative estimate of drug-likeness (QED) is 0.710. The van der Waals surface area contributed by atoms with E-state index in [0.29, 0.717) is 6.42 Å². The van der Waals surface area contributed by atoms with Crippen LogP contribution in [0.25, 0.3) is 0 Å². The van der Waals surface area contributed by atoms with Gasteiger partial charge in [-0.2, -0.15) is 0 Å². The van der Waals surface area contributed by atoms with Crippen LogP contribution in [0.3, 0.4) is 0 Å². The first-order valence-corrected chi connectivity index (χ1v) is 9.93. The van der Waals surface area contributed by atoms with Crippen molar-refractivity contribution in [1.29, 1.82) is 0 Å². The van der Waals surface area contributed by atoms with Crippen molar-refractivity contribution in [3.05, 3.63) is 65.7 Å². The lowest BCUT2D eigenvalue weighted by atomic mass is 9.91. The molecule has 2 aromatic rings. The minimum Gasteiger partial charge on any atom is -0.311 e. The van der Waals surface area contributed by atoms with Crippen LogP contribution in [0.2, 0.25) is 0 Å². The number of carbonyl (C=O) groups is 1. The van der Waals surface area contributed by atoms with E-state index in [2.05, 4.69) is 29.2 Å². The van der Waals surface area contributed by atoms with Gasteiger partial charge in [0.2, 0.25) is 5.91 Å². The van der Waals surface area contributed by atoms with Gasteiger partial charge in [0.05, 0.1) is 6.04 Å². The molecule has 1 amide bonds. The second-order valence-electron chi connectivity index (χ2n) is 7.60. The first-order chi connectivity index (χ1) is 12.8. The standard InChI is InChI=1S/C23H28N2O.ClH/c1-2-23(26)25(20-9-4-3-5-10-20)17-22-21-11-7-6-8-19(21)14-15-24(22)16-18-12-13-18;/h3-11,18,22H,2,12-17H2,1H3;1H. The van der Waals surface area contributed by atoms with Crippen LogP contribution in [0.5, 0.6) is 0 Å². The molecule has 0 N–H and O–H groups in total. The van der Waals surface area contributed by atoms with Crippen molar-refractivity contribution < 1.29 is 4.79 Å². The van der Waals surface area contributed by atoms with Crippen molar-refractivity contribution in [1.82, 2.24) is 4.90 Å². The lowest BCUT2D eigenvalue weighted by molar-refractivity contribution is -0.118. The van der Waals surface area contributed by atoms with E-state index in [0.717, 1.165) is 31.1 Å². The number of fused-ring (bicyclic) bond motifs is 1. The minimum atomic E-state index is 0. The van der Waals surface area contributed by atoms with Gasteiger partial charge in [-0.25, -0.2) is 0 Å². The van der Waals surface area contributed by atoms with Gasteiger partial charge in [-0.15, -0.1) is 12.4 Å². The molecule has 1 saturated carbocycles. The van der Waals surface area contributed by atoms with Gasteiger partial charge in [-0.05, 0) is 48.4 Å². The summed E-state index contributed by atoms with van der Waals surface area (Å²) in [5.41, 5.74) is 3.86. The van der Waals surface area contributed by atoms with E-state index >= 15 is 0 Å². The van der Waals surface area contributed by atoms with Crippen molar-refractivity contribution >= 4 is 24.0 Å². The smallest absolute Gasteiger partial charge is 0.226 e. The Morgan fingerprint density at radius 3 is 2.48 bits per heavy atom. The highest BCUT2D eigenvalue weighted by Gasteiger charge is 2.34. The number of carbonyl (C=O) groups excluding carboxylic acids is 1. The second-order valence-corrected chi connectivity index (χ2v) is 7.60. The summed E-state index contributed by atoms with van der Waals surface area (Å²) in [7, 11) is 0. The van der Waals surface area contributed by atoms with Crippen molar-refractivity contribution in [3.8, 4) is 0 Å². The van der Waals surface area contributed by atoms with E-state index < -0.39 is 0 Å². The van der Waals surface area contributed by atoms with Crippen LogP contribution in [-0.4, -0.2) is 30.4 Å². The Bertz CT molecular complexity index is 760. The molecule has 0 aromatic heterocycles. The molecule has 0 spiro atoms. The van der Waals surface area contributed by atoms with Crippen LogP contribution in [0, 0.1) is 5.92 Å². The molecular weight excluding hydrogens is 356 g/mol. The molecule has 1 aliphatic carbocycles. The normalized spacial score (nSPS) is 19.1. The fourth-order valence-electron chi connectivity index (χ4n) is 4.09. The summed E-state index contributed by atoms with van der Waals surface area (Å²) >= 11 is 0. The Hall–Kier alpha value is -1.84. The van der Waals surface area contributed by atoms with Gasteiger partial charge in [0.1, 0.15) is 0 Å². The van der Waals surface area contributed by atoms with Crippen LogP contribution < -0.4 is 4.90 Å². The first-order valence-electron chi connectivity index (χ1n) is 9.93. The molecule has 1 heterocycles. The topological polar surface area (TPSA) is 23.6 Å². The molecule has 1 fully saturated rings. The summed E-state index contributed by atoms with van der Waals surface area (Å²) in [5, 5.41) is 0. The second kappa shape index (κ2) is 8.90. The Balaban J connectivity index is 0.00000210. The van der Waals surface area contributed by atoms with E-state index in [-0.39, 0.29) is 24.4 Å². The SMILES string of the molecule is CCC(=O)N(CC1c2ccccc2CCN1CC1CC1)c1ccccc1.Cl. The molecule has 1 unspecified atom stereocenters. The molecule has 2 aromatic carbocycles. The van der Waals surface area contributed by atoms with Crippen LogP contribution in [-0.2, 0) is 11.2 Å². The third-order valence-corrected chi connectivity index (χ3v) is 5.74. The summed E-state index contributed by atoms with van der Waals surface area (Å²) in [6, 6.07) is 19.2. The van der Waals surface area contributed by atoms with Crippen molar-refractivity contribution in [3.63, 3.8) is 0 Å². The average Bonchev–Trinajstić information content (AvgIpc) is 3.51. The van der Waals surface area contributed by atoms with Gasteiger partial charge in [-0.1, -0.05) is 49.4 Å². The van der Waals surface area contributed by atoms with Crippen molar-refractivity contribution in [2.24, 2.45) is 5.92 Å². The van der Waals surface area contributed by atoms with Crippen LogP contribution in [0.4, 0.5) is 5.69 Å². The highest BCUT2D eigenvalue weighted by Crippen LogP contribution is 2.37. The molecule has 27 heavy (non-hydrogen) atoms. The molecule has 0 bridgehead atoms. The number of nitrogens with zero attached hydrogens (tertiary/aromatic N) is 2. The maximum atomic E-state index is 12.7. The molecule has 0 saturated heterocycles. The molecule has 1 aliphatic heterocycles. The summed E-state index contributed by atoms with van der Waals surface area (Å²) in [4.78, 5) is 17.4. The van der Waals surface area contributed by atoms with Crippen LogP contribution in [0.1, 0.15) is 43.4 Å². The lowest BCUT2D eigenvalue weighted by Crippen LogP contribution is -2.44. The third-order valence-electron chi connectivity index (χ3n) is 5.74. The van der Waals surface area contributed by atoms with Gasteiger partial charge in [-0.3, -0.25) is 9.69 Å². The molecule has 4 heteroatoms. The van der Waals surface area contributed by atoms with Crippen LogP contribution in [0.15, 0.2) is 54.6 Å². The molecule has 4 rings (SSSR count). The third kappa shape index (κ3) is 4.53. The molecule has 2 aliphatic rings. The van der Waals surface area contributed by atoms with Crippen LogP contribution >= 0.6 is 12.4 Å². The molecule has 1 atom stereocenters. The fourth-order valence-corrected chi connectivity index (χ4v) is 4.09. The monoisotopic (exact) mass is 384 g/mol. The average molecular weight is 385 g/mol. The van der Waals surface area contributed by atoms with E-state index in [1.807, 2.05) is 42.2 Å². The zero-order valence-corrected chi connectivity index (χ0v) is 16.8. The predicted molar refractivity (Wildman–Crippen MR) is 114 cm³/mol. The van der Waals surface area contributed by atoms with E-state index in [1.54, 1.807) is 0 Å². The van der Waals surface area contributed by atoms with Gasteiger partial charge in [0.15, 0.2) is 0 Å². The lowest BCUT2D eigenvalue weighted by Gasteiger charge is -2.40. The van der Waals surface area contributed by atoms with E-state index in [9.17, 15) is 4.79 Å². The Morgan fingerprint density at radius 1 is 1.07 bits per heavy atom. The molecule has 144 valence electrons. The number of anilines is 1. The summed E-state index contributed by atoms with van der Waals surface area (Å²) in [6.45, 7) is 4.96. The number of rotatable bonds is 6. The minimum absolute atomic E-state index is 0. The number of hydrogen-bond donors (Lipinski definition) is 0. The zero-order valence-electron chi connectivity index (χ0n) is 16.0. The number of para-hydroxylation sites is 1. The summed E-state index contributed by atoms with van der Waals surface area (Å²) < 4.78 is 0. The zero-order chi connectivity index (χ0) is 17.9. The summed E-state index contributed by atoms with van der Waals surface area (Å²) in [5.74, 6) is 1.06. The number of amides is 1. The molecule has 0 radical (unpaired) electrons. The van der Waals surface area contributed by atoms with Gasteiger partial charge >= 0.3 is 0 Å². The Kier molecular flexibility index (Phi) is 6.56. The van der Waals surface area contributed by atoms with Crippen molar-refractivity contribution in [2.75, 3.05) is 24.5 Å². The van der Waals surface area contributed by atoms with Gasteiger partial charge in [0.25, 0.3) is 0 Å². The Morgan fingerprint density at radius 2 is 1.78 bits per heavy atom. The van der Waals surface area contributed by atoms with Gasteiger partial charge < -0.3 is 4.90 Å². The van der Waals surface area contributed by atoms with E-state index in [1.165, 1.54) is 30.5 Å². The van der Waals surface area contributed by atoms with Crippen molar-refractivity contribution in [2.45, 2.75) is 38.6 Å². The highest BCUT2D eigenvalue weighted by molar-refractivity contribution is 5.93. The van der Waals surface area contributed by atoms with E-state index in [4.69, 9.17) is 0 Å².